The van der Waals surface area contributed by atoms with E-state index in [4.69, 9.17) is 0 Å². The van der Waals surface area contributed by atoms with Crippen LogP contribution in [-0.2, 0) is 6.18 Å². The summed E-state index contributed by atoms with van der Waals surface area (Å²) in [5.41, 5.74) is -2.15. The van der Waals surface area contributed by atoms with E-state index in [1.54, 1.807) is 0 Å². The van der Waals surface area contributed by atoms with Gasteiger partial charge in [0.25, 0.3) is 5.91 Å². The van der Waals surface area contributed by atoms with Crippen molar-refractivity contribution in [3.05, 3.63) is 35.1 Å². The molecule has 0 bridgehead atoms. The van der Waals surface area contributed by atoms with Crippen LogP contribution in [0.3, 0.4) is 0 Å². The molecule has 184 valence electrons. The van der Waals surface area contributed by atoms with Gasteiger partial charge in [-0.3, -0.25) is 4.79 Å². The molecule has 1 amide bonds. The van der Waals surface area contributed by atoms with Crippen LogP contribution < -0.4 is 5.32 Å². The molecule has 1 aromatic rings. The standard InChI is InChI=1S/C26H41F4NO/c1-2-3-4-5-6-7-8-9-10-11-12-13-14-15-16-17-21-31-25(32)24-22(26(28,29)30)19-18-20-23(24)27/h18-20H,2-17,21H2,1H3,(H,31,32). The molecule has 0 heterocycles. The van der Waals surface area contributed by atoms with Crippen LogP contribution in [0.1, 0.15) is 126 Å². The summed E-state index contributed by atoms with van der Waals surface area (Å²) in [5, 5.41) is 2.42. The van der Waals surface area contributed by atoms with Gasteiger partial charge in [-0.25, -0.2) is 4.39 Å². The van der Waals surface area contributed by atoms with E-state index in [1.807, 2.05) is 0 Å². The molecule has 0 aromatic heterocycles. The maximum Gasteiger partial charge on any atom is 0.417 e. The number of amides is 1. The van der Waals surface area contributed by atoms with Crippen molar-refractivity contribution in [1.29, 1.82) is 0 Å². The van der Waals surface area contributed by atoms with Gasteiger partial charge in [0.2, 0.25) is 0 Å². The predicted molar refractivity (Wildman–Crippen MR) is 123 cm³/mol. The Bertz CT molecular complexity index is 631. The van der Waals surface area contributed by atoms with Crippen molar-refractivity contribution in [2.45, 2.75) is 116 Å². The van der Waals surface area contributed by atoms with Crippen LogP contribution in [0.15, 0.2) is 18.2 Å². The molecule has 0 spiro atoms. The number of nitrogens with one attached hydrogen (secondary N) is 1. The molecule has 0 saturated heterocycles. The highest BCUT2D eigenvalue weighted by Gasteiger charge is 2.36. The maximum atomic E-state index is 13.8. The van der Waals surface area contributed by atoms with Gasteiger partial charge in [0.05, 0.1) is 11.1 Å². The quantitative estimate of drug-likeness (QED) is 0.172. The molecule has 0 aliphatic carbocycles. The average Bonchev–Trinajstić information content (AvgIpc) is 2.75. The first-order valence-electron chi connectivity index (χ1n) is 12.5. The zero-order valence-electron chi connectivity index (χ0n) is 19.7. The number of hydrogen-bond donors (Lipinski definition) is 1. The molecule has 1 N–H and O–H groups in total. The number of hydrogen-bond acceptors (Lipinski definition) is 1. The lowest BCUT2D eigenvalue weighted by molar-refractivity contribution is -0.138. The first-order chi connectivity index (χ1) is 15.4. The molecule has 0 aliphatic heterocycles. The van der Waals surface area contributed by atoms with Crippen LogP contribution in [0.25, 0.3) is 0 Å². The van der Waals surface area contributed by atoms with Crippen molar-refractivity contribution in [2.24, 2.45) is 0 Å². The smallest absolute Gasteiger partial charge is 0.352 e. The van der Waals surface area contributed by atoms with Crippen LogP contribution in [0.5, 0.6) is 0 Å². The largest absolute Gasteiger partial charge is 0.417 e. The highest BCUT2D eigenvalue weighted by atomic mass is 19.4. The summed E-state index contributed by atoms with van der Waals surface area (Å²) < 4.78 is 52.8. The molecule has 0 fully saturated rings. The Labute approximate surface area is 191 Å². The molecular formula is C26H41F4NO. The van der Waals surface area contributed by atoms with E-state index in [0.717, 1.165) is 37.5 Å². The summed E-state index contributed by atoms with van der Waals surface area (Å²) in [6, 6.07) is 2.57. The van der Waals surface area contributed by atoms with E-state index in [0.29, 0.717) is 6.42 Å². The molecule has 1 aromatic carbocycles. The third-order valence-electron chi connectivity index (χ3n) is 5.86. The van der Waals surface area contributed by atoms with E-state index >= 15 is 0 Å². The minimum atomic E-state index is -4.76. The monoisotopic (exact) mass is 459 g/mol. The first-order valence-corrected chi connectivity index (χ1v) is 12.5. The summed E-state index contributed by atoms with van der Waals surface area (Å²) in [4.78, 5) is 12.0. The van der Waals surface area contributed by atoms with Gasteiger partial charge in [0, 0.05) is 6.54 Å². The van der Waals surface area contributed by atoms with Crippen molar-refractivity contribution in [1.82, 2.24) is 5.32 Å². The number of carbonyl (C=O) groups is 1. The summed E-state index contributed by atoms with van der Waals surface area (Å²) in [6.07, 6.45) is 14.9. The second-order valence-corrected chi connectivity index (χ2v) is 8.72. The molecule has 0 atom stereocenters. The minimum Gasteiger partial charge on any atom is -0.352 e. The Balaban J connectivity index is 2.00. The number of carbonyl (C=O) groups excluding carboxylic acids is 1. The van der Waals surface area contributed by atoms with Crippen molar-refractivity contribution in [3.63, 3.8) is 0 Å². The molecular weight excluding hydrogens is 418 g/mol. The SMILES string of the molecule is CCCCCCCCCCCCCCCCCCNC(=O)c1c(F)cccc1C(F)(F)F. The topological polar surface area (TPSA) is 29.1 Å². The fraction of sp³-hybridized carbons (Fsp3) is 0.731. The minimum absolute atomic E-state index is 0.253. The van der Waals surface area contributed by atoms with E-state index < -0.39 is 29.0 Å². The highest BCUT2D eigenvalue weighted by molar-refractivity contribution is 5.96. The van der Waals surface area contributed by atoms with Gasteiger partial charge in [0.1, 0.15) is 5.82 Å². The summed E-state index contributed by atoms with van der Waals surface area (Å²) in [7, 11) is 0. The second-order valence-electron chi connectivity index (χ2n) is 8.72. The summed E-state index contributed by atoms with van der Waals surface area (Å²) in [6.45, 7) is 2.50. The van der Waals surface area contributed by atoms with Gasteiger partial charge in [-0.2, -0.15) is 13.2 Å². The lowest BCUT2D eigenvalue weighted by Gasteiger charge is -2.13. The van der Waals surface area contributed by atoms with Gasteiger partial charge in [0.15, 0.2) is 0 Å². The number of benzene rings is 1. The molecule has 0 unspecified atom stereocenters. The van der Waals surface area contributed by atoms with E-state index in [1.165, 1.54) is 77.0 Å². The molecule has 6 heteroatoms. The van der Waals surface area contributed by atoms with E-state index in [9.17, 15) is 22.4 Å². The van der Waals surface area contributed by atoms with Crippen molar-refractivity contribution < 1.29 is 22.4 Å². The van der Waals surface area contributed by atoms with Gasteiger partial charge < -0.3 is 5.32 Å². The number of halogens is 4. The lowest BCUT2D eigenvalue weighted by Crippen LogP contribution is -2.28. The van der Waals surface area contributed by atoms with Gasteiger partial charge in [-0.05, 0) is 18.6 Å². The molecule has 0 radical (unpaired) electrons. The van der Waals surface area contributed by atoms with Crippen molar-refractivity contribution in [2.75, 3.05) is 6.54 Å². The Morgan fingerprint density at radius 1 is 0.750 bits per heavy atom. The highest BCUT2D eigenvalue weighted by Crippen LogP contribution is 2.33. The van der Waals surface area contributed by atoms with Crippen molar-refractivity contribution >= 4 is 5.91 Å². The zero-order valence-corrected chi connectivity index (χ0v) is 19.7. The Kier molecular flexibility index (Phi) is 15.1. The van der Waals surface area contributed by atoms with E-state index in [-0.39, 0.29) is 6.54 Å². The Hall–Kier alpha value is -1.59. The maximum absolute atomic E-state index is 13.8. The third-order valence-corrected chi connectivity index (χ3v) is 5.86. The third kappa shape index (κ3) is 12.4. The Morgan fingerprint density at radius 2 is 1.19 bits per heavy atom. The van der Waals surface area contributed by atoms with Crippen LogP contribution in [0, 0.1) is 5.82 Å². The number of rotatable bonds is 18. The van der Waals surface area contributed by atoms with Crippen LogP contribution in [0.2, 0.25) is 0 Å². The van der Waals surface area contributed by atoms with Crippen molar-refractivity contribution in [3.8, 4) is 0 Å². The molecule has 0 saturated carbocycles. The van der Waals surface area contributed by atoms with Gasteiger partial charge in [-0.1, -0.05) is 109 Å². The molecule has 0 aliphatic rings. The fourth-order valence-corrected chi connectivity index (χ4v) is 3.95. The summed E-state index contributed by atoms with van der Waals surface area (Å²) >= 11 is 0. The normalized spacial score (nSPS) is 11.7. The second kappa shape index (κ2) is 17.0. The van der Waals surface area contributed by atoms with Gasteiger partial charge in [-0.15, -0.1) is 0 Å². The van der Waals surface area contributed by atoms with E-state index in [2.05, 4.69) is 12.2 Å². The predicted octanol–water partition coefficient (Wildman–Crippen LogP) is 8.84. The van der Waals surface area contributed by atoms with Crippen LogP contribution >= 0.6 is 0 Å². The number of alkyl halides is 3. The van der Waals surface area contributed by atoms with Crippen LogP contribution in [0.4, 0.5) is 17.6 Å². The first kappa shape index (κ1) is 28.4. The molecule has 2 nitrogen and oxygen atoms in total. The molecule has 32 heavy (non-hydrogen) atoms. The number of unbranched alkanes of at least 4 members (excludes halogenated alkanes) is 15. The Morgan fingerprint density at radius 3 is 1.62 bits per heavy atom. The van der Waals surface area contributed by atoms with Gasteiger partial charge >= 0.3 is 6.18 Å². The summed E-state index contributed by atoms with van der Waals surface area (Å²) in [5.74, 6) is -2.15. The molecule has 1 rings (SSSR count). The average molecular weight is 460 g/mol. The zero-order chi connectivity index (χ0) is 23.7. The lowest BCUT2D eigenvalue weighted by atomic mass is 10.0. The fourth-order valence-electron chi connectivity index (χ4n) is 3.95. The van der Waals surface area contributed by atoms with Crippen LogP contribution in [-0.4, -0.2) is 12.5 Å².